The van der Waals surface area contributed by atoms with Gasteiger partial charge >= 0.3 is 0 Å². The van der Waals surface area contributed by atoms with Crippen LogP contribution in [0.25, 0.3) is 0 Å². The molecule has 1 saturated heterocycles. The van der Waals surface area contributed by atoms with Crippen LogP contribution in [-0.4, -0.2) is 25.1 Å². The van der Waals surface area contributed by atoms with Crippen LogP contribution in [0.2, 0.25) is 0 Å². The first-order valence-electron chi connectivity index (χ1n) is 7.12. The molecule has 3 nitrogen and oxygen atoms in total. The first-order chi connectivity index (χ1) is 8.74. The van der Waals surface area contributed by atoms with Gasteiger partial charge in [-0.3, -0.25) is 4.98 Å². The van der Waals surface area contributed by atoms with Crippen LogP contribution in [0.15, 0.2) is 18.3 Å². The number of rotatable bonds is 4. The lowest BCUT2D eigenvalue weighted by Gasteiger charge is -2.32. The molecule has 100 valence electrons. The number of hydrogen-bond donors (Lipinski definition) is 1. The lowest BCUT2D eigenvalue weighted by atomic mass is 10.00. The average molecular weight is 247 g/mol. The van der Waals surface area contributed by atoms with Gasteiger partial charge in [-0.25, -0.2) is 0 Å². The zero-order valence-electron chi connectivity index (χ0n) is 11.8. The highest BCUT2D eigenvalue weighted by Gasteiger charge is 2.17. The lowest BCUT2D eigenvalue weighted by Crippen LogP contribution is -2.34. The van der Waals surface area contributed by atoms with E-state index in [1.807, 2.05) is 13.2 Å². The Hall–Kier alpha value is -1.09. The maximum atomic E-state index is 4.62. The van der Waals surface area contributed by atoms with Crippen LogP contribution >= 0.6 is 0 Å². The maximum Gasteiger partial charge on any atom is 0.0574 e. The Morgan fingerprint density at radius 2 is 2.33 bits per heavy atom. The Bertz CT molecular complexity index is 357. The van der Waals surface area contributed by atoms with Gasteiger partial charge in [0.2, 0.25) is 0 Å². The first-order valence-corrected chi connectivity index (χ1v) is 7.12. The number of nitrogens with zero attached hydrogens (tertiary/aromatic N) is 2. The molecule has 1 aromatic rings. The van der Waals surface area contributed by atoms with E-state index in [2.05, 4.69) is 41.2 Å². The summed E-state index contributed by atoms with van der Waals surface area (Å²) in [6.45, 7) is 6.87. The molecule has 0 saturated carbocycles. The summed E-state index contributed by atoms with van der Waals surface area (Å²) in [5.41, 5.74) is 2.42. The highest BCUT2D eigenvalue weighted by molar-refractivity contribution is 5.45. The molecule has 0 bridgehead atoms. The van der Waals surface area contributed by atoms with Crippen LogP contribution < -0.4 is 10.2 Å². The summed E-state index contributed by atoms with van der Waals surface area (Å²) in [6.07, 6.45) is 5.77. The van der Waals surface area contributed by atoms with Crippen LogP contribution in [0.3, 0.4) is 0 Å². The van der Waals surface area contributed by atoms with E-state index in [0.717, 1.165) is 18.0 Å². The van der Waals surface area contributed by atoms with Gasteiger partial charge in [0.25, 0.3) is 0 Å². The SMILES string of the molecule is CCC(NC)c1ccc(N2CCCC(C)C2)cn1. The molecule has 2 rings (SSSR count). The quantitative estimate of drug-likeness (QED) is 0.886. The van der Waals surface area contributed by atoms with Crippen molar-refractivity contribution in [2.24, 2.45) is 5.92 Å². The molecule has 1 fully saturated rings. The van der Waals surface area contributed by atoms with E-state index in [9.17, 15) is 0 Å². The molecule has 1 aromatic heterocycles. The third kappa shape index (κ3) is 3.02. The van der Waals surface area contributed by atoms with Crippen molar-refractivity contribution < 1.29 is 0 Å². The van der Waals surface area contributed by atoms with Crippen molar-refractivity contribution in [1.82, 2.24) is 10.3 Å². The molecule has 2 atom stereocenters. The van der Waals surface area contributed by atoms with Crippen molar-refractivity contribution in [3.8, 4) is 0 Å². The normalized spacial score (nSPS) is 21.9. The summed E-state index contributed by atoms with van der Waals surface area (Å²) >= 11 is 0. The summed E-state index contributed by atoms with van der Waals surface area (Å²) in [5.74, 6) is 0.805. The summed E-state index contributed by atoms with van der Waals surface area (Å²) in [5, 5.41) is 3.30. The molecule has 3 heteroatoms. The number of anilines is 1. The van der Waals surface area contributed by atoms with E-state index in [0.29, 0.717) is 6.04 Å². The van der Waals surface area contributed by atoms with E-state index in [1.54, 1.807) is 0 Å². The van der Waals surface area contributed by atoms with Gasteiger partial charge in [-0.2, -0.15) is 0 Å². The number of piperidine rings is 1. The molecule has 0 aromatic carbocycles. The fraction of sp³-hybridized carbons (Fsp3) is 0.667. The maximum absolute atomic E-state index is 4.62. The zero-order chi connectivity index (χ0) is 13.0. The topological polar surface area (TPSA) is 28.2 Å². The minimum atomic E-state index is 0.374. The second-order valence-electron chi connectivity index (χ2n) is 5.38. The Balaban J connectivity index is 2.07. The second-order valence-corrected chi connectivity index (χ2v) is 5.38. The number of aromatic nitrogens is 1. The smallest absolute Gasteiger partial charge is 0.0574 e. The fourth-order valence-electron chi connectivity index (χ4n) is 2.78. The van der Waals surface area contributed by atoms with Gasteiger partial charge in [-0.15, -0.1) is 0 Å². The molecular formula is C15H25N3. The van der Waals surface area contributed by atoms with Crippen molar-refractivity contribution in [3.63, 3.8) is 0 Å². The van der Waals surface area contributed by atoms with Crippen LogP contribution in [0.1, 0.15) is 44.8 Å². The van der Waals surface area contributed by atoms with Crippen molar-refractivity contribution >= 4 is 5.69 Å². The minimum Gasteiger partial charge on any atom is -0.370 e. The predicted molar refractivity (Wildman–Crippen MR) is 76.9 cm³/mol. The zero-order valence-corrected chi connectivity index (χ0v) is 11.8. The van der Waals surface area contributed by atoms with Gasteiger partial charge in [0.1, 0.15) is 0 Å². The van der Waals surface area contributed by atoms with Gasteiger partial charge in [-0.1, -0.05) is 13.8 Å². The largest absolute Gasteiger partial charge is 0.370 e. The first kappa shape index (κ1) is 13.3. The predicted octanol–water partition coefficient (Wildman–Crippen LogP) is 2.99. The van der Waals surface area contributed by atoms with Gasteiger partial charge in [0.15, 0.2) is 0 Å². The molecule has 2 heterocycles. The van der Waals surface area contributed by atoms with E-state index in [-0.39, 0.29) is 0 Å². The molecular weight excluding hydrogens is 222 g/mol. The number of hydrogen-bond acceptors (Lipinski definition) is 3. The van der Waals surface area contributed by atoms with Crippen molar-refractivity contribution in [3.05, 3.63) is 24.0 Å². The highest BCUT2D eigenvalue weighted by Crippen LogP contribution is 2.23. The Morgan fingerprint density at radius 1 is 1.50 bits per heavy atom. The van der Waals surface area contributed by atoms with E-state index < -0.39 is 0 Å². The molecule has 18 heavy (non-hydrogen) atoms. The molecule has 0 radical (unpaired) electrons. The standard InChI is InChI=1S/C15H25N3/c1-4-14(16-3)15-8-7-13(10-17-15)18-9-5-6-12(2)11-18/h7-8,10,12,14,16H,4-6,9,11H2,1-3H3. The summed E-state index contributed by atoms with van der Waals surface area (Å²) in [7, 11) is 2.00. The van der Waals surface area contributed by atoms with Gasteiger partial charge in [0, 0.05) is 19.1 Å². The Labute approximate surface area is 111 Å². The lowest BCUT2D eigenvalue weighted by molar-refractivity contribution is 0.446. The van der Waals surface area contributed by atoms with Crippen molar-refractivity contribution in [1.29, 1.82) is 0 Å². The van der Waals surface area contributed by atoms with Gasteiger partial charge < -0.3 is 10.2 Å². The molecule has 1 N–H and O–H groups in total. The number of nitrogens with one attached hydrogen (secondary N) is 1. The molecule has 0 amide bonds. The second kappa shape index (κ2) is 6.19. The molecule has 1 aliphatic rings. The fourth-order valence-corrected chi connectivity index (χ4v) is 2.78. The summed E-state index contributed by atoms with van der Waals surface area (Å²) in [4.78, 5) is 7.08. The third-order valence-electron chi connectivity index (χ3n) is 3.91. The van der Waals surface area contributed by atoms with E-state index >= 15 is 0 Å². The van der Waals surface area contributed by atoms with Gasteiger partial charge in [-0.05, 0) is 44.4 Å². The summed E-state index contributed by atoms with van der Waals surface area (Å²) in [6, 6.07) is 4.76. The molecule has 1 aliphatic heterocycles. The van der Waals surface area contributed by atoms with E-state index in [1.165, 1.54) is 31.6 Å². The number of pyridine rings is 1. The molecule has 2 unspecified atom stereocenters. The van der Waals surface area contributed by atoms with Gasteiger partial charge in [0.05, 0.1) is 17.6 Å². The van der Waals surface area contributed by atoms with Crippen LogP contribution in [0.5, 0.6) is 0 Å². The van der Waals surface area contributed by atoms with E-state index in [4.69, 9.17) is 0 Å². The van der Waals surface area contributed by atoms with Crippen LogP contribution in [-0.2, 0) is 0 Å². The monoisotopic (exact) mass is 247 g/mol. The highest BCUT2D eigenvalue weighted by atomic mass is 15.1. The van der Waals surface area contributed by atoms with Crippen molar-refractivity contribution in [2.45, 2.75) is 39.2 Å². The Kier molecular flexibility index (Phi) is 4.59. The van der Waals surface area contributed by atoms with Crippen LogP contribution in [0, 0.1) is 5.92 Å². The Morgan fingerprint density at radius 3 is 2.89 bits per heavy atom. The van der Waals surface area contributed by atoms with Crippen LogP contribution in [0.4, 0.5) is 5.69 Å². The van der Waals surface area contributed by atoms with Crippen molar-refractivity contribution in [2.75, 3.05) is 25.0 Å². The summed E-state index contributed by atoms with van der Waals surface area (Å²) < 4.78 is 0. The third-order valence-corrected chi connectivity index (χ3v) is 3.91. The molecule has 0 spiro atoms. The molecule has 0 aliphatic carbocycles. The minimum absolute atomic E-state index is 0.374. The average Bonchev–Trinajstić information content (AvgIpc) is 2.41.